The normalized spacial score (nSPS) is 9.75. The Hall–Kier alpha value is -1.30. The van der Waals surface area contributed by atoms with Gasteiger partial charge in [0.1, 0.15) is 6.07 Å². The second-order valence-corrected chi connectivity index (χ2v) is 0.979. The van der Waals surface area contributed by atoms with Crippen molar-refractivity contribution in [2.24, 2.45) is 0 Å². The fourth-order valence-electron chi connectivity index (χ4n) is 0.211. The van der Waals surface area contributed by atoms with Crippen LogP contribution in [0.25, 0.3) is 0 Å². The minimum atomic E-state index is 0.0278. The molecule has 0 atom stereocenters. The quantitative estimate of drug-likeness (QED) is 0.297. The molecule has 0 N–H and O–H groups in total. The Kier molecular flexibility index (Phi) is 3.25. The van der Waals surface area contributed by atoms with E-state index in [0.717, 1.165) is 0 Å². The summed E-state index contributed by atoms with van der Waals surface area (Å²) in [4.78, 5) is 9.52. The fraction of sp³-hybridized carbons (Fsp3) is 0.200. The van der Waals surface area contributed by atoms with Crippen molar-refractivity contribution < 1.29 is 9.53 Å². The van der Waals surface area contributed by atoms with E-state index in [1.54, 1.807) is 13.0 Å². The number of hydrogen-bond donors (Lipinski definition) is 0. The maximum absolute atomic E-state index is 9.52. The van der Waals surface area contributed by atoms with Crippen LogP contribution in [-0.2, 0) is 9.53 Å². The summed E-state index contributed by atoms with van der Waals surface area (Å²) in [7, 11) is 0. The lowest BCUT2D eigenvalue weighted by atomic mass is 10.5. The molecule has 3 heteroatoms. The third-order valence-electron chi connectivity index (χ3n) is 0.547. The van der Waals surface area contributed by atoms with Crippen molar-refractivity contribution >= 4 is 6.47 Å². The highest BCUT2D eigenvalue weighted by molar-refractivity contribution is 5.41. The third kappa shape index (κ3) is 1.98. The first-order chi connectivity index (χ1) is 3.85. The zero-order valence-corrected chi connectivity index (χ0v) is 4.42. The zero-order chi connectivity index (χ0) is 6.41. The van der Waals surface area contributed by atoms with E-state index in [2.05, 4.69) is 4.74 Å². The van der Waals surface area contributed by atoms with Crippen molar-refractivity contribution in [3.63, 3.8) is 0 Å². The standard InChI is InChI=1S/C5H5NO2/c1-2-5(3-6)8-4-7/h2,4H,1H3/b5-2+. The Morgan fingerprint density at radius 3 is 2.62 bits per heavy atom. The van der Waals surface area contributed by atoms with E-state index >= 15 is 0 Å². The van der Waals surface area contributed by atoms with Gasteiger partial charge < -0.3 is 4.74 Å². The van der Waals surface area contributed by atoms with E-state index in [-0.39, 0.29) is 12.2 Å². The molecule has 0 heterocycles. The summed E-state index contributed by atoms with van der Waals surface area (Å²) in [5, 5.41) is 8.05. The number of carbonyl (C=O) groups excluding carboxylic acids is 1. The molecule has 0 aromatic carbocycles. The monoisotopic (exact) mass is 111 g/mol. The molecular weight excluding hydrogens is 106 g/mol. The van der Waals surface area contributed by atoms with E-state index in [9.17, 15) is 4.79 Å². The van der Waals surface area contributed by atoms with Gasteiger partial charge >= 0.3 is 0 Å². The molecule has 8 heavy (non-hydrogen) atoms. The Morgan fingerprint density at radius 1 is 1.88 bits per heavy atom. The molecule has 0 fully saturated rings. The number of hydrogen-bond acceptors (Lipinski definition) is 3. The van der Waals surface area contributed by atoms with E-state index < -0.39 is 0 Å². The molecule has 0 saturated carbocycles. The van der Waals surface area contributed by atoms with Crippen LogP contribution in [0.2, 0.25) is 0 Å². The highest BCUT2D eigenvalue weighted by atomic mass is 16.5. The van der Waals surface area contributed by atoms with Crippen LogP contribution in [0.4, 0.5) is 0 Å². The molecule has 3 nitrogen and oxygen atoms in total. The molecule has 0 aliphatic heterocycles. The van der Waals surface area contributed by atoms with Crippen LogP contribution in [0.15, 0.2) is 11.8 Å². The molecule has 0 aromatic rings. The average Bonchev–Trinajstić information content (AvgIpc) is 1.83. The fourth-order valence-corrected chi connectivity index (χ4v) is 0.211. The summed E-state index contributed by atoms with van der Waals surface area (Å²) in [5.74, 6) is 0.0278. The molecule has 0 unspecified atom stereocenters. The molecule has 0 aliphatic rings. The smallest absolute Gasteiger partial charge is 0.299 e. The van der Waals surface area contributed by atoms with E-state index in [4.69, 9.17) is 5.26 Å². The molecular formula is C5H5NO2. The topological polar surface area (TPSA) is 50.1 Å². The van der Waals surface area contributed by atoms with Crippen molar-refractivity contribution in [1.29, 1.82) is 5.26 Å². The molecule has 42 valence electrons. The maximum atomic E-state index is 9.52. The molecule has 0 bridgehead atoms. The number of nitrogens with zero attached hydrogens (tertiary/aromatic N) is 1. The lowest BCUT2D eigenvalue weighted by Crippen LogP contribution is -1.83. The van der Waals surface area contributed by atoms with Gasteiger partial charge in [-0.05, 0) is 13.0 Å². The van der Waals surface area contributed by atoms with Crippen molar-refractivity contribution in [2.75, 3.05) is 0 Å². The zero-order valence-electron chi connectivity index (χ0n) is 4.42. The van der Waals surface area contributed by atoms with Gasteiger partial charge in [-0.15, -0.1) is 0 Å². The number of allylic oxidation sites excluding steroid dienone is 2. The van der Waals surface area contributed by atoms with Crippen LogP contribution in [0, 0.1) is 11.3 Å². The third-order valence-corrected chi connectivity index (χ3v) is 0.547. The van der Waals surface area contributed by atoms with Crippen molar-refractivity contribution in [3.8, 4) is 6.07 Å². The van der Waals surface area contributed by atoms with Gasteiger partial charge in [0.2, 0.25) is 5.76 Å². The first-order valence-electron chi connectivity index (χ1n) is 2.02. The van der Waals surface area contributed by atoms with E-state index in [1.165, 1.54) is 6.08 Å². The molecule has 0 radical (unpaired) electrons. The Balaban J connectivity index is 3.77. The van der Waals surface area contributed by atoms with Gasteiger partial charge in [-0.1, -0.05) is 0 Å². The number of carbonyl (C=O) groups is 1. The first-order valence-corrected chi connectivity index (χ1v) is 2.02. The number of nitriles is 1. The van der Waals surface area contributed by atoms with Crippen LogP contribution in [-0.4, -0.2) is 6.47 Å². The summed E-state index contributed by atoms with van der Waals surface area (Å²) in [6.07, 6.45) is 1.41. The minimum absolute atomic E-state index is 0.0278. The van der Waals surface area contributed by atoms with Crippen molar-refractivity contribution in [2.45, 2.75) is 6.92 Å². The number of rotatable bonds is 2. The van der Waals surface area contributed by atoms with Crippen molar-refractivity contribution in [3.05, 3.63) is 11.8 Å². The van der Waals surface area contributed by atoms with E-state index in [0.29, 0.717) is 0 Å². The van der Waals surface area contributed by atoms with Gasteiger partial charge in [-0.25, -0.2) is 0 Å². The summed E-state index contributed by atoms with van der Waals surface area (Å²) >= 11 is 0. The summed E-state index contributed by atoms with van der Waals surface area (Å²) in [5.41, 5.74) is 0. The van der Waals surface area contributed by atoms with Gasteiger partial charge in [0.15, 0.2) is 0 Å². The second-order valence-electron chi connectivity index (χ2n) is 0.979. The second kappa shape index (κ2) is 3.88. The van der Waals surface area contributed by atoms with Crippen LogP contribution >= 0.6 is 0 Å². The SMILES string of the molecule is C/C=C(\C#N)OC=O. The largest absolute Gasteiger partial charge is 0.418 e. The summed E-state index contributed by atoms with van der Waals surface area (Å²) < 4.78 is 4.16. The minimum Gasteiger partial charge on any atom is -0.418 e. The number of ether oxygens (including phenoxy) is 1. The van der Waals surface area contributed by atoms with E-state index in [1.807, 2.05) is 0 Å². The van der Waals surface area contributed by atoms with Crippen molar-refractivity contribution in [1.82, 2.24) is 0 Å². The molecule has 0 aliphatic carbocycles. The lowest BCUT2D eigenvalue weighted by molar-refractivity contribution is -0.124. The Bertz CT molecular complexity index is 143. The van der Waals surface area contributed by atoms with Gasteiger partial charge in [0.25, 0.3) is 6.47 Å². The molecule has 0 spiro atoms. The Morgan fingerprint density at radius 2 is 2.50 bits per heavy atom. The predicted molar refractivity (Wildman–Crippen MR) is 26.5 cm³/mol. The molecule has 0 saturated heterocycles. The van der Waals surface area contributed by atoms with Gasteiger partial charge in [0, 0.05) is 0 Å². The van der Waals surface area contributed by atoms with Gasteiger partial charge in [-0.2, -0.15) is 5.26 Å². The molecule has 0 rings (SSSR count). The average molecular weight is 111 g/mol. The maximum Gasteiger partial charge on any atom is 0.299 e. The first kappa shape index (κ1) is 6.70. The van der Waals surface area contributed by atoms with Gasteiger partial charge in [-0.3, -0.25) is 4.79 Å². The van der Waals surface area contributed by atoms with Crippen LogP contribution < -0.4 is 0 Å². The summed E-state index contributed by atoms with van der Waals surface area (Å²) in [6, 6.07) is 1.66. The predicted octanol–water partition coefficient (Wildman–Crippen LogP) is 0.587. The summed E-state index contributed by atoms with van der Waals surface area (Å²) in [6.45, 7) is 1.83. The van der Waals surface area contributed by atoms with Crippen LogP contribution in [0.5, 0.6) is 0 Å². The highest BCUT2D eigenvalue weighted by Crippen LogP contribution is 1.88. The highest BCUT2D eigenvalue weighted by Gasteiger charge is 1.87. The molecule has 0 amide bonds. The van der Waals surface area contributed by atoms with Gasteiger partial charge in [0.05, 0.1) is 0 Å². The Labute approximate surface area is 47.2 Å². The van der Waals surface area contributed by atoms with Crippen LogP contribution in [0.1, 0.15) is 6.92 Å². The molecule has 0 aromatic heterocycles. The lowest BCUT2D eigenvalue weighted by Gasteiger charge is -1.86. The van der Waals surface area contributed by atoms with Crippen LogP contribution in [0.3, 0.4) is 0 Å².